The van der Waals surface area contributed by atoms with Crippen molar-refractivity contribution in [2.24, 2.45) is 17.2 Å². The van der Waals surface area contributed by atoms with Crippen molar-refractivity contribution in [3.05, 3.63) is 29.8 Å². The summed E-state index contributed by atoms with van der Waals surface area (Å²) >= 11 is 0. The lowest BCUT2D eigenvalue weighted by Crippen LogP contribution is -2.34. The van der Waals surface area contributed by atoms with Gasteiger partial charge in [0.2, 0.25) is 5.91 Å². The molecule has 0 saturated heterocycles. The van der Waals surface area contributed by atoms with Crippen LogP contribution in [0.25, 0.3) is 0 Å². The van der Waals surface area contributed by atoms with Gasteiger partial charge in [0.1, 0.15) is 23.9 Å². The fourth-order valence-corrected chi connectivity index (χ4v) is 1.34. The van der Waals surface area contributed by atoms with Crippen molar-refractivity contribution in [3.8, 4) is 5.75 Å². The van der Waals surface area contributed by atoms with E-state index in [1.807, 2.05) is 0 Å². The number of carbonyl (C=O) groups is 3. The molecule has 0 bridgehead atoms. The number of benzene rings is 1. The molecule has 0 spiro atoms. The highest BCUT2D eigenvalue weighted by Crippen LogP contribution is 2.10. The van der Waals surface area contributed by atoms with E-state index in [2.05, 4.69) is 5.73 Å². The first-order chi connectivity index (χ1) is 12.9. The van der Waals surface area contributed by atoms with Crippen LogP contribution >= 0.6 is 0 Å². The number of phenols is 1. The summed E-state index contributed by atoms with van der Waals surface area (Å²) in [6, 6.07) is 4.26. The van der Waals surface area contributed by atoms with Crippen LogP contribution in [0.5, 0.6) is 5.75 Å². The van der Waals surface area contributed by atoms with E-state index in [0.29, 0.717) is 0 Å². The molecule has 0 radical (unpaired) electrons. The van der Waals surface area contributed by atoms with E-state index >= 15 is 0 Å². The number of phenolic OH excluding ortho intramolecular Hbond substituents is 1. The van der Waals surface area contributed by atoms with Crippen LogP contribution in [0.1, 0.15) is 12.0 Å². The van der Waals surface area contributed by atoms with Crippen molar-refractivity contribution in [2.75, 3.05) is 13.2 Å². The van der Waals surface area contributed by atoms with Gasteiger partial charge in [-0.15, -0.1) is 0 Å². The number of primary amides is 1. The molecular formula is C16H27N3O9. The Labute approximate surface area is 160 Å². The lowest BCUT2D eigenvalue weighted by atomic mass is 10.1. The molecule has 1 aromatic carbocycles. The van der Waals surface area contributed by atoms with Gasteiger partial charge in [-0.05, 0) is 24.1 Å². The van der Waals surface area contributed by atoms with Crippen LogP contribution < -0.4 is 17.2 Å². The number of amides is 1. The first kappa shape index (κ1) is 27.4. The lowest BCUT2D eigenvalue weighted by Gasteiger charge is -2.05. The van der Waals surface area contributed by atoms with Crippen molar-refractivity contribution in [1.82, 2.24) is 0 Å². The summed E-state index contributed by atoms with van der Waals surface area (Å²) in [6.07, 6.45) is -0.990. The fourth-order valence-electron chi connectivity index (χ4n) is 1.34. The third-order valence-electron chi connectivity index (χ3n) is 2.87. The summed E-state index contributed by atoms with van der Waals surface area (Å²) in [4.78, 5) is 30.3. The standard InChI is InChI=1S/C9H11NO3.C4H8N2O3.C3H8O3/c10-8(9(12)13)5-6-1-3-7(11)4-2-6;5-2(4(8)9)1-3(6)7;4-1-3(6)2-5/h1-4,8,11H,5,10H2,(H,12,13);2H,1,5H2,(H2,6,7)(H,8,9);3-6H,1-2H2/t8-;2-;/m00./s1. The second-order valence-corrected chi connectivity index (χ2v) is 5.45. The van der Waals surface area contributed by atoms with Gasteiger partial charge in [0.15, 0.2) is 0 Å². The Bertz CT molecular complexity index is 592. The number of carboxylic acid groups (broad SMARTS) is 2. The Morgan fingerprint density at radius 3 is 1.57 bits per heavy atom. The van der Waals surface area contributed by atoms with Crippen LogP contribution in [0.2, 0.25) is 0 Å². The molecule has 160 valence electrons. The van der Waals surface area contributed by atoms with Crippen LogP contribution in [0, 0.1) is 0 Å². The van der Waals surface area contributed by atoms with E-state index in [1.54, 1.807) is 12.1 Å². The highest BCUT2D eigenvalue weighted by atomic mass is 16.4. The summed E-state index contributed by atoms with van der Waals surface area (Å²) in [5.41, 5.74) is 15.7. The Morgan fingerprint density at radius 2 is 1.32 bits per heavy atom. The summed E-state index contributed by atoms with van der Waals surface area (Å²) in [6.45, 7) is -0.729. The van der Waals surface area contributed by atoms with Gasteiger partial charge < -0.3 is 47.8 Å². The molecule has 1 rings (SSSR count). The minimum atomic E-state index is -1.21. The second kappa shape index (κ2) is 15.3. The molecule has 1 aromatic rings. The molecule has 0 saturated carbocycles. The molecule has 0 fully saturated rings. The first-order valence-corrected chi connectivity index (χ1v) is 7.87. The van der Waals surface area contributed by atoms with Crippen LogP contribution in [0.4, 0.5) is 0 Å². The van der Waals surface area contributed by atoms with Gasteiger partial charge in [-0.3, -0.25) is 14.4 Å². The molecule has 28 heavy (non-hydrogen) atoms. The number of aliphatic carboxylic acids is 2. The molecule has 0 unspecified atom stereocenters. The first-order valence-electron chi connectivity index (χ1n) is 7.87. The average Bonchev–Trinajstić information content (AvgIpc) is 2.63. The Hall–Kier alpha value is -2.77. The van der Waals surface area contributed by atoms with E-state index in [-0.39, 0.29) is 31.8 Å². The second-order valence-electron chi connectivity index (χ2n) is 5.45. The van der Waals surface area contributed by atoms with Gasteiger partial charge in [-0.2, -0.15) is 0 Å². The molecule has 12 nitrogen and oxygen atoms in total. The number of hydrogen-bond acceptors (Lipinski definition) is 9. The zero-order valence-corrected chi connectivity index (χ0v) is 15.0. The number of hydrogen-bond donors (Lipinski definition) is 9. The molecule has 12 heteroatoms. The zero-order valence-electron chi connectivity index (χ0n) is 15.0. The Kier molecular flexibility index (Phi) is 15.0. The highest BCUT2D eigenvalue weighted by Gasteiger charge is 2.13. The predicted molar refractivity (Wildman–Crippen MR) is 97.0 cm³/mol. The molecule has 2 atom stereocenters. The predicted octanol–water partition coefficient (Wildman–Crippen LogP) is -3.05. The molecule has 0 heterocycles. The van der Waals surface area contributed by atoms with Gasteiger partial charge in [-0.25, -0.2) is 0 Å². The van der Waals surface area contributed by atoms with Crippen LogP contribution in [-0.2, 0) is 20.8 Å². The summed E-state index contributed by atoms with van der Waals surface area (Å²) in [5.74, 6) is -2.78. The SMILES string of the molecule is NC(=O)C[C@H](N)C(=O)O.N[C@@H](Cc1ccc(O)cc1)C(=O)O.OCC(O)CO. The van der Waals surface area contributed by atoms with Gasteiger partial charge in [0.25, 0.3) is 0 Å². The molecule has 1 amide bonds. The normalized spacial score (nSPS) is 11.9. The topological polar surface area (TPSA) is 251 Å². The van der Waals surface area contributed by atoms with Crippen LogP contribution in [-0.4, -0.2) is 79.9 Å². The van der Waals surface area contributed by atoms with Crippen LogP contribution in [0.3, 0.4) is 0 Å². The maximum absolute atomic E-state index is 10.4. The number of carboxylic acids is 2. The molecule has 0 aliphatic carbocycles. The molecular weight excluding hydrogens is 378 g/mol. The van der Waals surface area contributed by atoms with E-state index in [9.17, 15) is 14.4 Å². The van der Waals surface area contributed by atoms with Crippen molar-refractivity contribution in [1.29, 1.82) is 0 Å². The zero-order chi connectivity index (χ0) is 22.3. The molecule has 12 N–H and O–H groups in total. The quantitative estimate of drug-likeness (QED) is 0.210. The van der Waals surface area contributed by atoms with Crippen LogP contribution in [0.15, 0.2) is 24.3 Å². The number of carbonyl (C=O) groups excluding carboxylic acids is 1. The Morgan fingerprint density at radius 1 is 0.893 bits per heavy atom. The highest BCUT2D eigenvalue weighted by molar-refractivity contribution is 5.83. The van der Waals surface area contributed by atoms with Crippen molar-refractivity contribution in [2.45, 2.75) is 31.0 Å². The number of nitrogens with two attached hydrogens (primary N) is 3. The van der Waals surface area contributed by atoms with Gasteiger partial charge in [0.05, 0.1) is 19.6 Å². The maximum atomic E-state index is 10.4. The van der Waals surface area contributed by atoms with E-state index in [0.717, 1.165) is 5.56 Å². The summed E-state index contributed by atoms with van der Waals surface area (Å²) in [7, 11) is 0. The minimum Gasteiger partial charge on any atom is -0.508 e. The number of aliphatic hydroxyl groups excluding tert-OH is 3. The lowest BCUT2D eigenvalue weighted by molar-refractivity contribution is -0.140. The third-order valence-corrected chi connectivity index (χ3v) is 2.87. The van der Waals surface area contributed by atoms with Crippen molar-refractivity contribution in [3.63, 3.8) is 0 Å². The average molecular weight is 405 g/mol. The summed E-state index contributed by atoms with van der Waals surface area (Å²) < 4.78 is 0. The Balaban J connectivity index is 0. The number of aliphatic hydroxyl groups is 3. The van der Waals surface area contributed by atoms with Crippen molar-refractivity contribution < 1.29 is 45.0 Å². The maximum Gasteiger partial charge on any atom is 0.321 e. The summed E-state index contributed by atoms with van der Waals surface area (Å²) in [5, 5.41) is 49.6. The van der Waals surface area contributed by atoms with Gasteiger partial charge >= 0.3 is 11.9 Å². The monoisotopic (exact) mass is 405 g/mol. The minimum absolute atomic E-state index is 0.160. The molecule has 0 aromatic heterocycles. The largest absolute Gasteiger partial charge is 0.508 e. The molecule has 0 aliphatic rings. The smallest absolute Gasteiger partial charge is 0.321 e. The third kappa shape index (κ3) is 15.5. The van der Waals surface area contributed by atoms with Gasteiger partial charge in [-0.1, -0.05) is 12.1 Å². The van der Waals surface area contributed by atoms with Gasteiger partial charge in [0, 0.05) is 0 Å². The fraction of sp³-hybridized carbons (Fsp3) is 0.438. The van der Waals surface area contributed by atoms with E-state index in [1.165, 1.54) is 12.1 Å². The van der Waals surface area contributed by atoms with E-state index in [4.69, 9.17) is 42.1 Å². The molecule has 0 aliphatic heterocycles. The number of aromatic hydroxyl groups is 1. The number of rotatable bonds is 8. The van der Waals surface area contributed by atoms with Crippen molar-refractivity contribution >= 4 is 17.8 Å². The van der Waals surface area contributed by atoms with E-state index < -0.39 is 36.0 Å².